The molecule has 0 aliphatic heterocycles. The molecule has 0 radical (unpaired) electrons. The Bertz CT molecular complexity index is 719. The monoisotopic (exact) mass is 285 g/mol. The summed E-state index contributed by atoms with van der Waals surface area (Å²) >= 11 is 1.72. The number of phenols is 1. The number of hydrogen-bond donors (Lipinski definition) is 2. The Hall–Kier alpha value is -2.04. The second-order valence-corrected chi connectivity index (χ2v) is 5.70. The number of thiophene rings is 1. The molecule has 0 atom stereocenters. The quantitative estimate of drug-likeness (QED) is 0.769. The molecule has 0 amide bonds. The van der Waals surface area contributed by atoms with E-state index in [1.165, 1.54) is 10.1 Å². The molecule has 0 saturated heterocycles. The SMILES string of the molecule is NCc1cccc2sc(COc3ccc(O)cc3)cc12. The molecule has 4 heteroatoms. The Labute approximate surface area is 121 Å². The Morgan fingerprint density at radius 3 is 2.65 bits per heavy atom. The first-order valence-electron chi connectivity index (χ1n) is 6.38. The van der Waals surface area contributed by atoms with Crippen molar-refractivity contribution < 1.29 is 9.84 Å². The minimum atomic E-state index is 0.242. The fourth-order valence-electron chi connectivity index (χ4n) is 2.12. The Morgan fingerprint density at radius 1 is 1.10 bits per heavy atom. The van der Waals surface area contributed by atoms with Crippen molar-refractivity contribution in [3.8, 4) is 11.5 Å². The van der Waals surface area contributed by atoms with Gasteiger partial charge in [-0.3, -0.25) is 0 Å². The number of fused-ring (bicyclic) bond motifs is 1. The number of phenolic OH excluding ortho intramolecular Hbond substituents is 1. The molecule has 0 fully saturated rings. The molecule has 0 bridgehead atoms. The molecular formula is C16H15NO2S. The molecule has 3 aromatic rings. The average molecular weight is 285 g/mol. The number of benzene rings is 2. The van der Waals surface area contributed by atoms with E-state index < -0.39 is 0 Å². The van der Waals surface area contributed by atoms with Crippen LogP contribution in [0.25, 0.3) is 10.1 Å². The zero-order valence-electron chi connectivity index (χ0n) is 10.9. The minimum absolute atomic E-state index is 0.242. The van der Waals surface area contributed by atoms with Crippen LogP contribution in [0.4, 0.5) is 0 Å². The smallest absolute Gasteiger partial charge is 0.122 e. The Morgan fingerprint density at radius 2 is 1.90 bits per heavy atom. The van der Waals surface area contributed by atoms with Crippen molar-refractivity contribution in [1.29, 1.82) is 0 Å². The van der Waals surface area contributed by atoms with Crippen LogP contribution in [0.5, 0.6) is 11.5 Å². The fraction of sp³-hybridized carbons (Fsp3) is 0.125. The lowest BCUT2D eigenvalue weighted by molar-refractivity contribution is 0.309. The first kappa shape index (κ1) is 13.0. The molecule has 102 valence electrons. The number of hydrogen-bond acceptors (Lipinski definition) is 4. The summed E-state index contributed by atoms with van der Waals surface area (Å²) in [5.74, 6) is 0.992. The van der Waals surface area contributed by atoms with E-state index in [4.69, 9.17) is 10.5 Å². The second kappa shape index (κ2) is 5.53. The Kier molecular flexibility index (Phi) is 3.58. The molecule has 20 heavy (non-hydrogen) atoms. The van der Waals surface area contributed by atoms with Crippen molar-refractivity contribution in [2.24, 2.45) is 5.73 Å². The van der Waals surface area contributed by atoms with Gasteiger partial charge in [-0.1, -0.05) is 12.1 Å². The van der Waals surface area contributed by atoms with Crippen LogP contribution in [0, 0.1) is 0 Å². The van der Waals surface area contributed by atoms with Gasteiger partial charge in [0.15, 0.2) is 0 Å². The van der Waals surface area contributed by atoms with Crippen molar-refractivity contribution in [3.63, 3.8) is 0 Å². The van der Waals surface area contributed by atoms with Gasteiger partial charge in [0.25, 0.3) is 0 Å². The van der Waals surface area contributed by atoms with Gasteiger partial charge in [-0.2, -0.15) is 0 Å². The molecule has 1 aromatic heterocycles. The third kappa shape index (κ3) is 2.61. The summed E-state index contributed by atoms with van der Waals surface area (Å²) in [4.78, 5) is 1.16. The van der Waals surface area contributed by atoms with E-state index in [-0.39, 0.29) is 5.75 Å². The molecule has 0 spiro atoms. The number of rotatable bonds is 4. The van der Waals surface area contributed by atoms with Gasteiger partial charge in [0, 0.05) is 16.1 Å². The maximum Gasteiger partial charge on any atom is 0.122 e. The van der Waals surface area contributed by atoms with Crippen molar-refractivity contribution >= 4 is 21.4 Å². The number of ether oxygens (including phenoxy) is 1. The number of nitrogens with two attached hydrogens (primary N) is 1. The van der Waals surface area contributed by atoms with Gasteiger partial charge in [-0.05, 0) is 47.3 Å². The molecule has 3 N–H and O–H groups in total. The van der Waals surface area contributed by atoms with E-state index >= 15 is 0 Å². The van der Waals surface area contributed by atoms with Crippen molar-refractivity contribution in [2.45, 2.75) is 13.2 Å². The van der Waals surface area contributed by atoms with Gasteiger partial charge in [-0.25, -0.2) is 0 Å². The first-order valence-corrected chi connectivity index (χ1v) is 7.20. The van der Waals surface area contributed by atoms with Gasteiger partial charge < -0.3 is 15.6 Å². The van der Waals surface area contributed by atoms with Gasteiger partial charge >= 0.3 is 0 Å². The summed E-state index contributed by atoms with van der Waals surface area (Å²) in [7, 11) is 0. The van der Waals surface area contributed by atoms with Crippen molar-refractivity contribution in [2.75, 3.05) is 0 Å². The largest absolute Gasteiger partial charge is 0.508 e. The highest BCUT2D eigenvalue weighted by Gasteiger charge is 2.06. The zero-order chi connectivity index (χ0) is 13.9. The van der Waals surface area contributed by atoms with E-state index in [1.807, 2.05) is 6.07 Å². The van der Waals surface area contributed by atoms with E-state index in [0.717, 1.165) is 16.2 Å². The second-order valence-electron chi connectivity index (χ2n) is 4.53. The summed E-state index contributed by atoms with van der Waals surface area (Å²) in [6.07, 6.45) is 0. The van der Waals surface area contributed by atoms with Crippen LogP contribution in [0.2, 0.25) is 0 Å². The molecular weight excluding hydrogens is 270 g/mol. The topological polar surface area (TPSA) is 55.5 Å². The zero-order valence-corrected chi connectivity index (χ0v) is 11.7. The molecule has 0 aliphatic carbocycles. The van der Waals surface area contributed by atoms with Crippen molar-refractivity contribution in [3.05, 3.63) is 59.0 Å². The van der Waals surface area contributed by atoms with Gasteiger partial charge in [0.05, 0.1) is 0 Å². The van der Waals surface area contributed by atoms with E-state index in [2.05, 4.69) is 18.2 Å². The van der Waals surface area contributed by atoms with Crippen LogP contribution in [-0.4, -0.2) is 5.11 Å². The number of aromatic hydroxyl groups is 1. The van der Waals surface area contributed by atoms with Crippen LogP contribution in [-0.2, 0) is 13.2 Å². The molecule has 0 saturated carbocycles. The summed E-state index contributed by atoms with van der Waals surface area (Å²) in [5.41, 5.74) is 6.92. The minimum Gasteiger partial charge on any atom is -0.508 e. The standard InChI is InChI=1S/C16H15NO2S/c17-9-11-2-1-3-16-15(11)8-14(20-16)10-19-13-6-4-12(18)5-7-13/h1-8,18H,9-10,17H2. The molecule has 2 aromatic carbocycles. The maximum absolute atomic E-state index is 9.23. The summed E-state index contributed by atoms with van der Waals surface area (Å²) in [5, 5.41) is 10.4. The van der Waals surface area contributed by atoms with Gasteiger partial charge in [-0.15, -0.1) is 11.3 Å². The molecule has 0 aliphatic rings. The van der Waals surface area contributed by atoms with Crippen LogP contribution < -0.4 is 10.5 Å². The predicted octanol–water partition coefficient (Wildman–Crippen LogP) is 3.64. The van der Waals surface area contributed by atoms with Crippen molar-refractivity contribution in [1.82, 2.24) is 0 Å². The van der Waals surface area contributed by atoms with Gasteiger partial charge in [0.1, 0.15) is 18.1 Å². The van der Waals surface area contributed by atoms with E-state index in [0.29, 0.717) is 13.2 Å². The highest BCUT2D eigenvalue weighted by molar-refractivity contribution is 7.19. The van der Waals surface area contributed by atoms with Crippen LogP contribution >= 0.6 is 11.3 Å². The van der Waals surface area contributed by atoms with Crippen LogP contribution in [0.3, 0.4) is 0 Å². The lowest BCUT2D eigenvalue weighted by Gasteiger charge is -2.03. The highest BCUT2D eigenvalue weighted by atomic mass is 32.1. The summed E-state index contributed by atoms with van der Waals surface area (Å²) < 4.78 is 6.95. The average Bonchev–Trinajstić information content (AvgIpc) is 2.89. The highest BCUT2D eigenvalue weighted by Crippen LogP contribution is 2.29. The molecule has 3 rings (SSSR count). The Balaban J connectivity index is 1.79. The third-order valence-corrected chi connectivity index (χ3v) is 4.21. The fourth-order valence-corrected chi connectivity index (χ4v) is 3.14. The predicted molar refractivity (Wildman–Crippen MR) is 82.2 cm³/mol. The summed E-state index contributed by atoms with van der Waals surface area (Å²) in [6, 6.07) is 15.1. The lowest BCUT2D eigenvalue weighted by Crippen LogP contribution is -1.95. The van der Waals surface area contributed by atoms with E-state index in [9.17, 15) is 5.11 Å². The van der Waals surface area contributed by atoms with Crippen LogP contribution in [0.15, 0.2) is 48.5 Å². The van der Waals surface area contributed by atoms with E-state index in [1.54, 1.807) is 35.6 Å². The van der Waals surface area contributed by atoms with Crippen LogP contribution in [0.1, 0.15) is 10.4 Å². The molecule has 3 nitrogen and oxygen atoms in total. The molecule has 0 unspecified atom stereocenters. The maximum atomic E-state index is 9.23. The molecule has 1 heterocycles. The third-order valence-electron chi connectivity index (χ3n) is 3.14. The first-order chi connectivity index (χ1) is 9.76. The lowest BCUT2D eigenvalue weighted by atomic mass is 10.1. The van der Waals surface area contributed by atoms with Gasteiger partial charge in [0.2, 0.25) is 0 Å². The normalized spacial score (nSPS) is 10.8. The summed E-state index contributed by atoms with van der Waals surface area (Å²) in [6.45, 7) is 1.07.